The lowest BCUT2D eigenvalue weighted by Crippen LogP contribution is -2.32. The molecule has 0 saturated heterocycles. The zero-order chi connectivity index (χ0) is 22.1. The second-order valence-electron chi connectivity index (χ2n) is 7.52. The van der Waals surface area contributed by atoms with E-state index >= 15 is 0 Å². The number of aliphatic hydroxyl groups is 1. The third kappa shape index (κ3) is 3.75. The largest absolute Gasteiger partial charge is 0.507 e. The third-order valence-corrected chi connectivity index (χ3v) is 5.81. The van der Waals surface area contributed by atoms with Gasteiger partial charge in [-0.3, -0.25) is 9.89 Å². The Kier molecular flexibility index (Phi) is 5.89. The number of H-pyrrole nitrogens is 1. The highest BCUT2D eigenvalue weighted by molar-refractivity contribution is 6.31. The normalized spacial score (nSPS) is 15.4. The number of amides is 1. The Morgan fingerprint density at radius 2 is 2.00 bits per heavy atom. The van der Waals surface area contributed by atoms with Crippen molar-refractivity contribution >= 4 is 17.5 Å². The second kappa shape index (κ2) is 8.61. The molecule has 1 aliphatic rings. The lowest BCUT2D eigenvalue weighted by atomic mass is 9.95. The van der Waals surface area contributed by atoms with Gasteiger partial charge in [-0.15, -0.1) is 0 Å². The molecule has 7 nitrogen and oxygen atoms in total. The van der Waals surface area contributed by atoms with Crippen molar-refractivity contribution in [3.63, 3.8) is 0 Å². The fraction of sp³-hybridized carbons (Fsp3) is 0.304. The van der Waals surface area contributed by atoms with Crippen molar-refractivity contribution in [1.29, 1.82) is 0 Å². The number of carbonyl (C=O) groups is 1. The molecular weight excluding hydrogens is 418 g/mol. The van der Waals surface area contributed by atoms with Crippen molar-refractivity contribution in [3.05, 3.63) is 63.8 Å². The topological polar surface area (TPSA) is 98.7 Å². The first-order valence-corrected chi connectivity index (χ1v) is 10.6. The van der Waals surface area contributed by atoms with Gasteiger partial charge in [0.1, 0.15) is 22.9 Å². The molecule has 3 aromatic rings. The maximum atomic E-state index is 13.1. The molecule has 0 spiro atoms. The molecular formula is C23H24ClN3O4. The number of halogens is 1. The summed E-state index contributed by atoms with van der Waals surface area (Å²) in [6, 6.07) is 10.3. The molecule has 0 radical (unpaired) electrons. The van der Waals surface area contributed by atoms with E-state index in [1.807, 2.05) is 31.2 Å². The monoisotopic (exact) mass is 441 g/mol. The van der Waals surface area contributed by atoms with E-state index in [9.17, 15) is 15.0 Å². The van der Waals surface area contributed by atoms with E-state index in [1.165, 1.54) is 0 Å². The van der Waals surface area contributed by atoms with Crippen LogP contribution in [-0.4, -0.2) is 51.0 Å². The van der Waals surface area contributed by atoms with Crippen LogP contribution in [0.4, 0.5) is 0 Å². The molecule has 0 saturated carbocycles. The number of ether oxygens (including phenoxy) is 1. The molecule has 0 bridgehead atoms. The van der Waals surface area contributed by atoms with Crippen LogP contribution in [0.15, 0.2) is 36.4 Å². The van der Waals surface area contributed by atoms with Gasteiger partial charge in [-0.25, -0.2) is 0 Å². The van der Waals surface area contributed by atoms with Gasteiger partial charge in [0, 0.05) is 22.7 Å². The molecule has 2 aromatic carbocycles. The van der Waals surface area contributed by atoms with Crippen molar-refractivity contribution in [2.24, 2.45) is 0 Å². The van der Waals surface area contributed by atoms with Gasteiger partial charge < -0.3 is 19.8 Å². The van der Waals surface area contributed by atoms with Crippen molar-refractivity contribution in [3.8, 4) is 22.8 Å². The first kappa shape index (κ1) is 21.2. The zero-order valence-electron chi connectivity index (χ0n) is 17.4. The number of aromatic nitrogens is 2. The Bertz CT molecular complexity index is 1110. The molecule has 4 rings (SSSR count). The molecule has 3 N–H and O–H groups in total. The summed E-state index contributed by atoms with van der Waals surface area (Å²) in [4.78, 5) is 14.7. The smallest absolute Gasteiger partial charge is 0.273 e. The lowest BCUT2D eigenvalue weighted by molar-refractivity contribution is 0.0706. The van der Waals surface area contributed by atoms with Crippen molar-refractivity contribution in [1.82, 2.24) is 15.1 Å². The third-order valence-electron chi connectivity index (χ3n) is 5.41. The van der Waals surface area contributed by atoms with Crippen LogP contribution < -0.4 is 4.74 Å². The van der Waals surface area contributed by atoms with Gasteiger partial charge in [-0.05, 0) is 48.7 Å². The predicted molar refractivity (Wildman–Crippen MR) is 118 cm³/mol. The van der Waals surface area contributed by atoms with Crippen molar-refractivity contribution in [2.75, 3.05) is 19.8 Å². The Hall–Kier alpha value is -3.03. The van der Waals surface area contributed by atoms with E-state index in [0.29, 0.717) is 34.1 Å². The molecule has 0 fully saturated rings. The predicted octanol–water partition coefficient (Wildman–Crippen LogP) is 4.07. The highest BCUT2D eigenvalue weighted by Gasteiger charge is 2.42. The average Bonchev–Trinajstić information content (AvgIpc) is 3.29. The van der Waals surface area contributed by atoms with Gasteiger partial charge in [-0.1, -0.05) is 30.7 Å². The summed E-state index contributed by atoms with van der Waals surface area (Å²) in [6.07, 6.45) is 0.910. The molecule has 1 aliphatic heterocycles. The maximum Gasteiger partial charge on any atom is 0.273 e. The summed E-state index contributed by atoms with van der Waals surface area (Å²) in [5.74, 6) is 0.530. The second-order valence-corrected chi connectivity index (χ2v) is 7.93. The first-order chi connectivity index (χ1) is 15.0. The average molecular weight is 442 g/mol. The van der Waals surface area contributed by atoms with Crippen LogP contribution >= 0.6 is 11.6 Å². The van der Waals surface area contributed by atoms with Crippen LogP contribution in [0, 0.1) is 6.92 Å². The van der Waals surface area contributed by atoms with Crippen LogP contribution in [0.25, 0.3) is 11.3 Å². The van der Waals surface area contributed by atoms with Crippen LogP contribution in [-0.2, 0) is 0 Å². The van der Waals surface area contributed by atoms with Gasteiger partial charge in [0.15, 0.2) is 0 Å². The number of rotatable bonds is 7. The van der Waals surface area contributed by atoms with Gasteiger partial charge in [-0.2, -0.15) is 5.10 Å². The Balaban J connectivity index is 1.82. The van der Waals surface area contributed by atoms with E-state index < -0.39 is 6.04 Å². The number of hydrogen-bond donors (Lipinski definition) is 3. The number of β-amino-alcohol motifs (C(OH)–C–C–N with tert-alkyl or cyclic N) is 1. The van der Waals surface area contributed by atoms with E-state index in [-0.39, 0.29) is 24.8 Å². The standard InChI is InChI=1S/C23H24ClN3O4/c1-3-10-31-15-6-4-14(5-7-15)22-19-20(16-12-17(24)13(2)11-18(16)29)25-26-21(19)23(30)27(22)8-9-28/h4-7,11-12,22,28-29H,3,8-10H2,1-2H3,(H,25,26). The molecule has 2 heterocycles. The molecule has 162 valence electrons. The number of nitrogens with one attached hydrogen (secondary N) is 1. The summed E-state index contributed by atoms with van der Waals surface area (Å²) in [5, 5.41) is 27.8. The fourth-order valence-electron chi connectivity index (χ4n) is 3.91. The lowest BCUT2D eigenvalue weighted by Gasteiger charge is -2.26. The van der Waals surface area contributed by atoms with Crippen LogP contribution in [0.2, 0.25) is 5.02 Å². The number of aryl methyl sites for hydroxylation is 1. The van der Waals surface area contributed by atoms with Gasteiger partial charge in [0.05, 0.1) is 19.3 Å². The number of fused-ring (bicyclic) bond motifs is 1. The summed E-state index contributed by atoms with van der Waals surface area (Å²) in [6.45, 7) is 4.47. The van der Waals surface area contributed by atoms with E-state index in [2.05, 4.69) is 10.2 Å². The molecule has 1 atom stereocenters. The van der Waals surface area contributed by atoms with Crippen molar-refractivity contribution in [2.45, 2.75) is 26.3 Å². The Morgan fingerprint density at radius 3 is 2.68 bits per heavy atom. The number of carbonyl (C=O) groups excluding carboxylic acids is 1. The number of nitrogens with zero attached hydrogens (tertiary/aromatic N) is 2. The number of hydrogen-bond acceptors (Lipinski definition) is 5. The quantitative estimate of drug-likeness (QED) is 0.513. The summed E-state index contributed by atoms with van der Waals surface area (Å²) in [7, 11) is 0. The van der Waals surface area contributed by atoms with E-state index in [1.54, 1.807) is 24.0 Å². The SMILES string of the molecule is CCCOc1ccc(C2c3c(-c4cc(Cl)c(C)cc4O)n[nH]c3C(=O)N2CCO)cc1. The molecule has 1 amide bonds. The number of benzene rings is 2. The molecule has 1 aromatic heterocycles. The van der Waals surface area contributed by atoms with E-state index in [0.717, 1.165) is 23.3 Å². The van der Waals surface area contributed by atoms with Gasteiger partial charge in [0.2, 0.25) is 0 Å². The van der Waals surface area contributed by atoms with Gasteiger partial charge >= 0.3 is 0 Å². The molecule has 31 heavy (non-hydrogen) atoms. The van der Waals surface area contributed by atoms with Crippen molar-refractivity contribution < 1.29 is 19.7 Å². The van der Waals surface area contributed by atoms with Crippen LogP contribution in [0.1, 0.15) is 46.6 Å². The molecule has 8 heteroatoms. The highest BCUT2D eigenvalue weighted by Crippen LogP contribution is 2.45. The first-order valence-electron chi connectivity index (χ1n) is 10.2. The number of phenolic OH excluding ortho intramolecular Hbond substituents is 1. The number of aliphatic hydroxyl groups excluding tert-OH is 1. The number of phenols is 1. The molecule has 1 unspecified atom stereocenters. The minimum Gasteiger partial charge on any atom is -0.507 e. The van der Waals surface area contributed by atoms with E-state index in [4.69, 9.17) is 16.3 Å². The molecule has 0 aliphatic carbocycles. The Labute approximate surface area is 185 Å². The summed E-state index contributed by atoms with van der Waals surface area (Å²) < 4.78 is 5.67. The number of aromatic hydroxyl groups is 1. The summed E-state index contributed by atoms with van der Waals surface area (Å²) in [5.41, 5.74) is 3.49. The number of aromatic amines is 1. The fourth-order valence-corrected chi connectivity index (χ4v) is 4.07. The van der Waals surface area contributed by atoms with Crippen LogP contribution in [0.3, 0.4) is 0 Å². The van der Waals surface area contributed by atoms with Gasteiger partial charge in [0.25, 0.3) is 5.91 Å². The summed E-state index contributed by atoms with van der Waals surface area (Å²) >= 11 is 6.30. The zero-order valence-corrected chi connectivity index (χ0v) is 18.1. The minimum absolute atomic E-state index is 0.0336. The maximum absolute atomic E-state index is 13.1. The Morgan fingerprint density at radius 1 is 1.26 bits per heavy atom. The minimum atomic E-state index is -0.469. The highest BCUT2D eigenvalue weighted by atomic mass is 35.5. The van der Waals surface area contributed by atoms with Crippen LogP contribution in [0.5, 0.6) is 11.5 Å².